The summed E-state index contributed by atoms with van der Waals surface area (Å²) < 4.78 is 5.14. The summed E-state index contributed by atoms with van der Waals surface area (Å²) in [5.74, 6) is 1.99. The van der Waals surface area contributed by atoms with Crippen LogP contribution in [0.3, 0.4) is 0 Å². The number of aromatic hydroxyl groups is 1. The molecule has 0 bridgehead atoms. The molecule has 1 aliphatic heterocycles. The summed E-state index contributed by atoms with van der Waals surface area (Å²) in [6, 6.07) is 5.47. The molecule has 0 radical (unpaired) electrons. The predicted octanol–water partition coefficient (Wildman–Crippen LogP) is 4.18. The molecule has 2 aliphatic rings. The van der Waals surface area contributed by atoms with E-state index in [4.69, 9.17) is 9.73 Å². The number of halogens is 1. The van der Waals surface area contributed by atoms with E-state index >= 15 is 0 Å². The number of phenols is 1. The van der Waals surface area contributed by atoms with Crippen LogP contribution in [0, 0.1) is 5.41 Å². The number of aliphatic imine (C=N–C) groups is 1. The second kappa shape index (κ2) is 10.4. The van der Waals surface area contributed by atoms with Crippen LogP contribution in [0.25, 0.3) is 0 Å². The number of phenolic OH excluding ortho intramolecular Hbond substituents is 1. The largest absolute Gasteiger partial charge is 0.508 e. The number of methoxy groups -OCH3 is 1. The smallest absolute Gasteiger partial charge is 0.193 e. The predicted molar refractivity (Wildman–Crippen MR) is 121 cm³/mol. The van der Waals surface area contributed by atoms with E-state index in [-0.39, 0.29) is 29.7 Å². The van der Waals surface area contributed by atoms with Crippen LogP contribution in [0.4, 0.5) is 0 Å². The molecule has 1 spiro atoms. The molecule has 2 fully saturated rings. The summed E-state index contributed by atoms with van der Waals surface area (Å²) in [5.41, 5.74) is 1.44. The fraction of sp³-hybridized carbons (Fsp3) is 0.667. The molecular formula is C21H34IN3O2. The van der Waals surface area contributed by atoms with Gasteiger partial charge >= 0.3 is 0 Å². The maximum Gasteiger partial charge on any atom is 0.193 e. The Morgan fingerprint density at radius 1 is 1.26 bits per heavy atom. The van der Waals surface area contributed by atoms with Crippen molar-refractivity contribution >= 4 is 29.9 Å². The van der Waals surface area contributed by atoms with Crippen molar-refractivity contribution in [1.82, 2.24) is 10.2 Å². The number of rotatable bonds is 5. The lowest BCUT2D eigenvalue weighted by Crippen LogP contribution is -2.41. The van der Waals surface area contributed by atoms with Gasteiger partial charge in [0.25, 0.3) is 0 Å². The third-order valence-electron chi connectivity index (χ3n) is 5.92. The van der Waals surface area contributed by atoms with E-state index in [1.165, 1.54) is 38.5 Å². The van der Waals surface area contributed by atoms with Crippen LogP contribution in [-0.4, -0.2) is 49.3 Å². The zero-order valence-electron chi connectivity index (χ0n) is 16.7. The summed E-state index contributed by atoms with van der Waals surface area (Å²) in [4.78, 5) is 7.29. The Labute approximate surface area is 180 Å². The highest BCUT2D eigenvalue weighted by Crippen LogP contribution is 2.43. The number of hydrogen-bond acceptors (Lipinski definition) is 3. The Kier molecular flexibility index (Phi) is 8.51. The van der Waals surface area contributed by atoms with Crippen molar-refractivity contribution in [1.29, 1.82) is 0 Å². The first kappa shape index (κ1) is 22.1. The van der Waals surface area contributed by atoms with Crippen molar-refractivity contribution in [2.75, 3.05) is 33.3 Å². The van der Waals surface area contributed by atoms with E-state index < -0.39 is 0 Å². The van der Waals surface area contributed by atoms with Gasteiger partial charge in [0.1, 0.15) is 11.5 Å². The summed E-state index contributed by atoms with van der Waals surface area (Å²) in [6.45, 7) is 5.94. The zero-order chi connectivity index (χ0) is 18.4. The maximum absolute atomic E-state index is 10.1. The molecule has 3 rings (SSSR count). The van der Waals surface area contributed by atoms with Gasteiger partial charge in [0.05, 0.1) is 7.11 Å². The minimum absolute atomic E-state index is 0. The lowest BCUT2D eigenvalue weighted by Gasteiger charge is -2.33. The first-order valence-corrected chi connectivity index (χ1v) is 10.0. The van der Waals surface area contributed by atoms with Gasteiger partial charge in [0.15, 0.2) is 5.96 Å². The molecule has 2 N–H and O–H groups in total. The third kappa shape index (κ3) is 5.65. The molecule has 1 saturated heterocycles. The van der Waals surface area contributed by atoms with E-state index in [1.54, 1.807) is 13.2 Å². The van der Waals surface area contributed by atoms with E-state index in [0.717, 1.165) is 37.6 Å². The van der Waals surface area contributed by atoms with Crippen molar-refractivity contribution in [3.05, 3.63) is 23.8 Å². The molecule has 0 amide bonds. The average molecular weight is 487 g/mol. The quantitative estimate of drug-likeness (QED) is 0.372. The second-order valence-electron chi connectivity index (χ2n) is 7.71. The highest BCUT2D eigenvalue weighted by molar-refractivity contribution is 14.0. The standard InChI is InChI=1S/C21H33N3O2.HI/c1-3-22-20(24-14-12-21(16-24)10-5-4-6-11-21)23-13-9-17-7-8-18(26-2)15-19(17)25;/h7-8,15,25H,3-6,9-14,16H2,1-2H3,(H,22,23);1H. The summed E-state index contributed by atoms with van der Waals surface area (Å²) in [6.07, 6.45) is 8.96. The number of nitrogens with zero attached hydrogens (tertiary/aromatic N) is 2. The normalized spacial score (nSPS) is 19.0. The average Bonchev–Trinajstić information content (AvgIpc) is 3.06. The molecule has 1 aromatic rings. The molecule has 0 aromatic heterocycles. The number of guanidine groups is 1. The lowest BCUT2D eigenvalue weighted by molar-refractivity contribution is 0.203. The van der Waals surface area contributed by atoms with Gasteiger partial charge in [0.2, 0.25) is 0 Å². The highest BCUT2D eigenvalue weighted by Gasteiger charge is 2.39. The van der Waals surface area contributed by atoms with Gasteiger partial charge in [-0.2, -0.15) is 0 Å². The number of likely N-dealkylation sites (tertiary alicyclic amines) is 1. The Morgan fingerprint density at radius 2 is 2.04 bits per heavy atom. The second-order valence-corrected chi connectivity index (χ2v) is 7.71. The molecule has 152 valence electrons. The van der Waals surface area contributed by atoms with Gasteiger partial charge in [-0.1, -0.05) is 25.3 Å². The number of nitrogens with one attached hydrogen (secondary N) is 1. The highest BCUT2D eigenvalue weighted by atomic mass is 127. The van der Waals surface area contributed by atoms with E-state index in [9.17, 15) is 5.11 Å². The first-order valence-electron chi connectivity index (χ1n) is 10.0. The van der Waals surface area contributed by atoms with Gasteiger partial charge in [-0.25, -0.2) is 0 Å². The maximum atomic E-state index is 10.1. The molecule has 5 nitrogen and oxygen atoms in total. The molecule has 1 aromatic carbocycles. The van der Waals surface area contributed by atoms with Crippen LogP contribution in [-0.2, 0) is 6.42 Å². The molecule has 1 aliphatic carbocycles. The van der Waals surface area contributed by atoms with Crippen molar-refractivity contribution in [3.8, 4) is 11.5 Å². The first-order chi connectivity index (χ1) is 12.7. The van der Waals surface area contributed by atoms with Gasteiger partial charge in [-0.3, -0.25) is 4.99 Å². The Morgan fingerprint density at radius 3 is 2.70 bits per heavy atom. The molecule has 1 heterocycles. The zero-order valence-corrected chi connectivity index (χ0v) is 19.0. The summed E-state index contributed by atoms with van der Waals surface area (Å²) >= 11 is 0. The molecule has 0 unspecified atom stereocenters. The van der Waals surface area contributed by atoms with Crippen molar-refractivity contribution in [3.63, 3.8) is 0 Å². The van der Waals surface area contributed by atoms with Crippen LogP contribution < -0.4 is 10.1 Å². The lowest BCUT2D eigenvalue weighted by atomic mass is 9.73. The SMILES string of the molecule is CCNC(=NCCc1ccc(OC)cc1O)N1CCC2(CCCCC2)C1.I. The summed E-state index contributed by atoms with van der Waals surface area (Å²) in [7, 11) is 1.61. The van der Waals surface area contributed by atoms with Crippen molar-refractivity contribution in [2.45, 2.75) is 51.9 Å². The third-order valence-corrected chi connectivity index (χ3v) is 5.92. The fourth-order valence-electron chi connectivity index (χ4n) is 4.42. The van der Waals surface area contributed by atoms with E-state index in [1.807, 2.05) is 12.1 Å². The van der Waals surface area contributed by atoms with E-state index in [2.05, 4.69) is 17.1 Å². The van der Waals surface area contributed by atoms with E-state index in [0.29, 0.717) is 17.7 Å². The minimum atomic E-state index is 0. The summed E-state index contributed by atoms with van der Waals surface area (Å²) in [5, 5.41) is 13.6. The topological polar surface area (TPSA) is 57.1 Å². The monoisotopic (exact) mass is 487 g/mol. The number of ether oxygens (including phenoxy) is 1. The Bertz CT molecular complexity index is 630. The van der Waals surface area contributed by atoms with Crippen molar-refractivity contribution in [2.24, 2.45) is 10.4 Å². The van der Waals surface area contributed by atoms with Gasteiger partial charge in [0, 0.05) is 32.2 Å². The van der Waals surface area contributed by atoms with Crippen molar-refractivity contribution < 1.29 is 9.84 Å². The Hall–Kier alpha value is -1.18. The molecule has 6 heteroatoms. The van der Waals surface area contributed by atoms with Crippen LogP contribution in [0.5, 0.6) is 11.5 Å². The Balaban J connectivity index is 0.00000261. The minimum Gasteiger partial charge on any atom is -0.508 e. The van der Waals surface area contributed by atoms with Crippen LogP contribution in [0.15, 0.2) is 23.2 Å². The van der Waals surface area contributed by atoms with Crippen LogP contribution in [0.2, 0.25) is 0 Å². The molecular weight excluding hydrogens is 453 g/mol. The van der Waals surface area contributed by atoms with Gasteiger partial charge < -0.3 is 20.1 Å². The van der Waals surface area contributed by atoms with Crippen LogP contribution >= 0.6 is 24.0 Å². The molecule has 0 atom stereocenters. The number of hydrogen-bond donors (Lipinski definition) is 2. The van der Waals surface area contributed by atoms with Gasteiger partial charge in [-0.15, -0.1) is 24.0 Å². The molecule has 1 saturated carbocycles. The molecule has 27 heavy (non-hydrogen) atoms. The number of benzene rings is 1. The van der Waals surface area contributed by atoms with Gasteiger partial charge in [-0.05, 0) is 49.7 Å². The fourth-order valence-corrected chi connectivity index (χ4v) is 4.42. The van der Waals surface area contributed by atoms with Crippen LogP contribution in [0.1, 0.15) is 51.0 Å².